The second kappa shape index (κ2) is 9.30. The number of fused-ring (bicyclic) bond motifs is 2. The molecule has 0 radical (unpaired) electrons. The number of anilines is 2. The van der Waals surface area contributed by atoms with Gasteiger partial charge in [0, 0.05) is 24.2 Å². The van der Waals surface area contributed by atoms with Crippen molar-refractivity contribution in [1.82, 2.24) is 4.90 Å². The maximum Gasteiger partial charge on any atom is 0.349 e. The van der Waals surface area contributed by atoms with Gasteiger partial charge in [-0.05, 0) is 63.2 Å². The third-order valence-corrected chi connectivity index (χ3v) is 6.40. The van der Waals surface area contributed by atoms with Gasteiger partial charge in [0.05, 0.1) is 5.69 Å². The number of carbonyl (C=O) groups excluding carboxylic acids is 2. The number of benzene rings is 2. The summed E-state index contributed by atoms with van der Waals surface area (Å²) in [5.74, 6) is -0.0899. The fourth-order valence-electron chi connectivity index (χ4n) is 4.56. The average molecular weight is 462 g/mol. The summed E-state index contributed by atoms with van der Waals surface area (Å²) in [4.78, 5) is 42.3. The molecule has 1 aromatic heterocycles. The van der Waals surface area contributed by atoms with Gasteiger partial charge in [-0.1, -0.05) is 24.6 Å². The monoisotopic (exact) mass is 461 g/mol. The molecule has 0 aliphatic carbocycles. The van der Waals surface area contributed by atoms with Crippen LogP contribution in [0.25, 0.3) is 11.0 Å². The molecule has 176 valence electrons. The van der Waals surface area contributed by atoms with Gasteiger partial charge in [-0.2, -0.15) is 0 Å². The highest BCUT2D eigenvalue weighted by atomic mass is 16.5. The molecule has 8 heteroatoms. The van der Waals surface area contributed by atoms with Crippen LogP contribution in [0.4, 0.5) is 11.4 Å². The molecule has 0 bridgehead atoms. The molecule has 0 saturated carbocycles. The summed E-state index contributed by atoms with van der Waals surface area (Å²) >= 11 is 0. The number of nitrogens with zero attached hydrogens (tertiary/aromatic N) is 2. The number of piperidine rings is 1. The number of nitrogens with one attached hydrogen (secondary N) is 1. The molecule has 2 aromatic carbocycles. The summed E-state index contributed by atoms with van der Waals surface area (Å²) in [6.07, 6.45) is 3.05. The lowest BCUT2D eigenvalue weighted by Crippen LogP contribution is -2.48. The Balaban J connectivity index is 1.38. The van der Waals surface area contributed by atoms with E-state index in [9.17, 15) is 14.4 Å². The molecule has 2 aliphatic heterocycles. The normalized spacial score (nSPS) is 18.4. The summed E-state index contributed by atoms with van der Waals surface area (Å²) in [6, 6.07) is 13.7. The van der Waals surface area contributed by atoms with Gasteiger partial charge in [-0.3, -0.25) is 9.59 Å². The van der Waals surface area contributed by atoms with Gasteiger partial charge < -0.3 is 24.3 Å². The van der Waals surface area contributed by atoms with E-state index in [1.807, 2.05) is 6.07 Å². The number of hydrogen-bond acceptors (Lipinski definition) is 6. The molecular formula is C26H27N3O5. The first-order valence-corrected chi connectivity index (χ1v) is 11.7. The molecule has 2 aliphatic rings. The van der Waals surface area contributed by atoms with E-state index in [2.05, 4.69) is 10.2 Å². The number of ether oxygens (including phenoxy) is 1. The van der Waals surface area contributed by atoms with Crippen LogP contribution in [-0.4, -0.2) is 49.0 Å². The minimum atomic E-state index is -0.704. The van der Waals surface area contributed by atoms with Crippen molar-refractivity contribution in [3.8, 4) is 5.75 Å². The van der Waals surface area contributed by atoms with Crippen molar-refractivity contribution in [1.29, 1.82) is 0 Å². The first kappa shape index (κ1) is 22.2. The second-order valence-electron chi connectivity index (χ2n) is 8.77. The fraction of sp³-hybridized carbons (Fsp3) is 0.346. The predicted octanol–water partition coefficient (Wildman–Crippen LogP) is 3.65. The van der Waals surface area contributed by atoms with Crippen molar-refractivity contribution < 1.29 is 18.7 Å². The van der Waals surface area contributed by atoms with Crippen LogP contribution < -0.4 is 20.6 Å². The standard InChI is InChI=1S/C26H27N3O5/c1-17-25(31)29(14-13-28-11-5-2-6-12-28)21-16-19(9-10-23(21)33-17)27-24(30)20-15-18-7-3-4-8-22(18)34-26(20)32/h3-4,7-10,15-17H,2,5-6,11-14H2,1H3,(H,27,30). The smallest absolute Gasteiger partial charge is 0.349 e. The zero-order valence-electron chi connectivity index (χ0n) is 19.1. The molecular weight excluding hydrogens is 434 g/mol. The second-order valence-corrected chi connectivity index (χ2v) is 8.77. The average Bonchev–Trinajstić information content (AvgIpc) is 2.85. The van der Waals surface area contributed by atoms with E-state index in [1.165, 1.54) is 25.3 Å². The van der Waals surface area contributed by atoms with E-state index < -0.39 is 17.6 Å². The molecule has 3 aromatic rings. The summed E-state index contributed by atoms with van der Waals surface area (Å²) in [7, 11) is 0. The highest BCUT2D eigenvalue weighted by molar-refractivity contribution is 6.06. The molecule has 1 fully saturated rings. The SMILES string of the molecule is CC1Oc2ccc(NC(=O)c3cc4ccccc4oc3=O)cc2N(CCN2CCCCC2)C1=O. The van der Waals surface area contributed by atoms with E-state index >= 15 is 0 Å². The molecule has 1 saturated heterocycles. The van der Waals surface area contributed by atoms with Crippen LogP contribution in [0.1, 0.15) is 36.5 Å². The Hall–Kier alpha value is -3.65. The zero-order valence-corrected chi connectivity index (χ0v) is 19.1. The number of amides is 2. The molecule has 1 atom stereocenters. The maximum absolute atomic E-state index is 12.9. The van der Waals surface area contributed by atoms with Crippen molar-refractivity contribution in [2.24, 2.45) is 0 Å². The van der Waals surface area contributed by atoms with E-state index in [4.69, 9.17) is 9.15 Å². The van der Waals surface area contributed by atoms with Crippen LogP contribution in [-0.2, 0) is 4.79 Å². The molecule has 8 nitrogen and oxygen atoms in total. The van der Waals surface area contributed by atoms with E-state index in [0.717, 1.165) is 19.6 Å². The van der Waals surface area contributed by atoms with E-state index in [0.29, 0.717) is 34.6 Å². The van der Waals surface area contributed by atoms with E-state index in [1.54, 1.807) is 48.2 Å². The summed E-state index contributed by atoms with van der Waals surface area (Å²) in [5.41, 5.74) is 0.713. The third kappa shape index (κ3) is 4.41. The summed E-state index contributed by atoms with van der Waals surface area (Å²) < 4.78 is 11.1. The van der Waals surface area contributed by atoms with Gasteiger partial charge >= 0.3 is 5.63 Å². The molecule has 1 N–H and O–H groups in total. The molecule has 5 rings (SSSR count). The quantitative estimate of drug-likeness (QED) is 0.583. The minimum absolute atomic E-state index is 0.0840. The predicted molar refractivity (Wildman–Crippen MR) is 130 cm³/mol. The lowest BCUT2D eigenvalue weighted by molar-refractivity contribution is -0.125. The van der Waals surface area contributed by atoms with Crippen LogP contribution >= 0.6 is 0 Å². The molecule has 34 heavy (non-hydrogen) atoms. The number of carbonyl (C=O) groups is 2. The van der Waals surface area contributed by atoms with Gasteiger partial charge in [-0.15, -0.1) is 0 Å². The van der Waals surface area contributed by atoms with Crippen molar-refractivity contribution in [3.05, 3.63) is 64.5 Å². The Kier molecular flexibility index (Phi) is 6.06. The maximum atomic E-state index is 12.9. The van der Waals surface area contributed by atoms with Crippen LogP contribution in [0.3, 0.4) is 0 Å². The Morgan fingerprint density at radius 2 is 1.82 bits per heavy atom. The Morgan fingerprint density at radius 1 is 1.03 bits per heavy atom. The Bertz CT molecular complexity index is 1300. The minimum Gasteiger partial charge on any atom is -0.479 e. The molecule has 1 unspecified atom stereocenters. The van der Waals surface area contributed by atoms with Gasteiger partial charge in [-0.25, -0.2) is 4.79 Å². The van der Waals surface area contributed by atoms with Crippen molar-refractivity contribution >= 4 is 34.2 Å². The van der Waals surface area contributed by atoms with Crippen molar-refractivity contribution in [2.75, 3.05) is 36.4 Å². The van der Waals surface area contributed by atoms with Gasteiger partial charge in [0.2, 0.25) is 0 Å². The summed E-state index contributed by atoms with van der Waals surface area (Å²) in [5, 5.41) is 3.42. The number of para-hydroxylation sites is 1. The van der Waals surface area contributed by atoms with Crippen LogP contribution in [0.15, 0.2) is 57.7 Å². The first-order valence-electron chi connectivity index (χ1n) is 11.7. The third-order valence-electron chi connectivity index (χ3n) is 6.40. The van der Waals surface area contributed by atoms with Gasteiger partial charge in [0.15, 0.2) is 6.10 Å². The fourth-order valence-corrected chi connectivity index (χ4v) is 4.56. The van der Waals surface area contributed by atoms with Crippen LogP contribution in [0.2, 0.25) is 0 Å². The number of hydrogen-bond donors (Lipinski definition) is 1. The highest BCUT2D eigenvalue weighted by Crippen LogP contribution is 2.36. The van der Waals surface area contributed by atoms with E-state index in [-0.39, 0.29) is 11.5 Å². The molecule has 2 amide bonds. The van der Waals surface area contributed by atoms with Gasteiger partial charge in [0.25, 0.3) is 11.8 Å². The Morgan fingerprint density at radius 3 is 2.65 bits per heavy atom. The Labute approximate surface area is 197 Å². The molecule has 3 heterocycles. The highest BCUT2D eigenvalue weighted by Gasteiger charge is 2.32. The van der Waals surface area contributed by atoms with Gasteiger partial charge in [0.1, 0.15) is 16.9 Å². The summed E-state index contributed by atoms with van der Waals surface area (Å²) in [6.45, 7) is 5.17. The van der Waals surface area contributed by atoms with Crippen LogP contribution in [0, 0.1) is 0 Å². The number of rotatable bonds is 5. The lowest BCUT2D eigenvalue weighted by Gasteiger charge is -2.35. The lowest BCUT2D eigenvalue weighted by atomic mass is 10.1. The topological polar surface area (TPSA) is 92.1 Å². The number of likely N-dealkylation sites (tertiary alicyclic amines) is 1. The van der Waals surface area contributed by atoms with Crippen molar-refractivity contribution in [3.63, 3.8) is 0 Å². The first-order chi connectivity index (χ1) is 16.5. The molecule has 0 spiro atoms. The largest absolute Gasteiger partial charge is 0.479 e. The van der Waals surface area contributed by atoms with Crippen molar-refractivity contribution in [2.45, 2.75) is 32.3 Å². The zero-order chi connectivity index (χ0) is 23.7. The van der Waals surface area contributed by atoms with Crippen LogP contribution in [0.5, 0.6) is 5.75 Å².